The lowest BCUT2D eigenvalue weighted by molar-refractivity contribution is -0.148. The number of nitrogens with zero attached hydrogens (tertiary/aromatic N) is 2. The van der Waals surface area contributed by atoms with Crippen LogP contribution in [-0.2, 0) is 4.79 Å². The maximum atomic E-state index is 11.7. The van der Waals surface area contributed by atoms with Crippen molar-refractivity contribution in [3.05, 3.63) is 23.8 Å². The van der Waals surface area contributed by atoms with E-state index >= 15 is 0 Å². The molecule has 2 rings (SSSR count). The van der Waals surface area contributed by atoms with E-state index < -0.39 is 11.4 Å². The van der Waals surface area contributed by atoms with Crippen molar-refractivity contribution in [2.75, 3.05) is 24.2 Å². The summed E-state index contributed by atoms with van der Waals surface area (Å²) in [5.41, 5.74) is 0.850. The van der Waals surface area contributed by atoms with Gasteiger partial charge in [-0.15, -0.1) is 11.8 Å². The molecule has 1 atom stereocenters. The van der Waals surface area contributed by atoms with Crippen molar-refractivity contribution in [3.63, 3.8) is 0 Å². The number of rotatable bonds is 5. The molecule has 1 fully saturated rings. The Balaban J connectivity index is 2.34. The molecule has 0 saturated carbocycles. The number of hydrogen-bond donors (Lipinski definition) is 1. The number of thioether (sulfide) groups is 1. The molecular formula is C16H20N2O2S. The van der Waals surface area contributed by atoms with Crippen molar-refractivity contribution in [1.82, 2.24) is 0 Å². The number of carbonyl (C=O) groups is 1. The van der Waals surface area contributed by atoms with Crippen LogP contribution in [0, 0.1) is 16.7 Å². The highest BCUT2D eigenvalue weighted by molar-refractivity contribution is 7.98. The average molecular weight is 304 g/mol. The fraction of sp³-hybridized carbons (Fsp3) is 0.500. The number of carboxylic acid groups (broad SMARTS) is 1. The molecule has 0 bridgehead atoms. The maximum absolute atomic E-state index is 11.7. The summed E-state index contributed by atoms with van der Waals surface area (Å²) in [5.74, 6) is -0.716. The van der Waals surface area contributed by atoms with Gasteiger partial charge in [0.15, 0.2) is 0 Å². The van der Waals surface area contributed by atoms with Crippen molar-refractivity contribution in [3.8, 4) is 6.07 Å². The Bertz CT molecular complexity index is 582. The van der Waals surface area contributed by atoms with Gasteiger partial charge < -0.3 is 10.0 Å². The summed E-state index contributed by atoms with van der Waals surface area (Å²) in [6, 6.07) is 8.05. The minimum atomic E-state index is -0.716. The SMILES string of the molecule is CCCC1(C(=O)O)CCN(c2cccc(SC)c2C#N)C1. The summed E-state index contributed by atoms with van der Waals surface area (Å²) < 4.78 is 0. The van der Waals surface area contributed by atoms with Crippen molar-refractivity contribution >= 4 is 23.4 Å². The van der Waals surface area contributed by atoms with Crippen LogP contribution in [0.25, 0.3) is 0 Å². The highest BCUT2D eigenvalue weighted by Crippen LogP contribution is 2.40. The van der Waals surface area contributed by atoms with Gasteiger partial charge >= 0.3 is 5.97 Å². The van der Waals surface area contributed by atoms with Crippen LogP contribution in [0.4, 0.5) is 5.69 Å². The molecule has 1 aromatic rings. The second-order valence-corrected chi connectivity index (χ2v) is 6.32. The third-order valence-corrected chi connectivity index (χ3v) is 4.99. The topological polar surface area (TPSA) is 64.3 Å². The van der Waals surface area contributed by atoms with Crippen LogP contribution in [0.5, 0.6) is 0 Å². The van der Waals surface area contributed by atoms with Crippen LogP contribution < -0.4 is 4.90 Å². The molecule has 4 nitrogen and oxygen atoms in total. The first-order valence-electron chi connectivity index (χ1n) is 7.13. The molecule has 0 aliphatic carbocycles. The van der Waals surface area contributed by atoms with E-state index in [-0.39, 0.29) is 0 Å². The summed E-state index contributed by atoms with van der Waals surface area (Å²) in [6.45, 7) is 3.20. The fourth-order valence-corrected chi connectivity index (χ4v) is 3.68. The Morgan fingerprint density at radius 2 is 2.33 bits per heavy atom. The Kier molecular flexibility index (Phi) is 4.79. The monoisotopic (exact) mass is 304 g/mol. The van der Waals surface area contributed by atoms with Crippen LogP contribution >= 0.6 is 11.8 Å². The summed E-state index contributed by atoms with van der Waals surface area (Å²) in [6.07, 6.45) is 4.13. The van der Waals surface area contributed by atoms with Gasteiger partial charge in [-0.05, 0) is 31.2 Å². The Morgan fingerprint density at radius 3 is 2.90 bits per heavy atom. The van der Waals surface area contributed by atoms with E-state index in [2.05, 4.69) is 11.0 Å². The van der Waals surface area contributed by atoms with Crippen molar-refractivity contribution in [1.29, 1.82) is 5.26 Å². The molecule has 1 heterocycles. The molecule has 1 N–H and O–H groups in total. The summed E-state index contributed by atoms with van der Waals surface area (Å²) >= 11 is 1.54. The Hall–Kier alpha value is -1.67. The molecule has 5 heteroatoms. The van der Waals surface area contributed by atoms with Crippen molar-refractivity contribution in [2.24, 2.45) is 5.41 Å². The second-order valence-electron chi connectivity index (χ2n) is 5.47. The number of anilines is 1. The fourth-order valence-electron chi connectivity index (χ4n) is 3.11. The molecule has 1 aromatic carbocycles. The molecule has 1 aliphatic heterocycles. The summed E-state index contributed by atoms with van der Waals surface area (Å²) in [7, 11) is 0. The van der Waals surface area contributed by atoms with Gasteiger partial charge in [-0.2, -0.15) is 5.26 Å². The van der Waals surface area contributed by atoms with Gasteiger partial charge in [0.2, 0.25) is 0 Å². The number of aliphatic carboxylic acids is 1. The maximum Gasteiger partial charge on any atom is 0.311 e. The predicted octanol–water partition coefficient (Wildman–Crippen LogP) is 3.36. The first kappa shape index (κ1) is 15.7. The molecule has 112 valence electrons. The Labute approximate surface area is 129 Å². The molecule has 0 amide bonds. The van der Waals surface area contributed by atoms with Crippen LogP contribution in [0.3, 0.4) is 0 Å². The molecule has 0 aromatic heterocycles. The first-order chi connectivity index (χ1) is 10.1. The minimum Gasteiger partial charge on any atom is -0.481 e. The van der Waals surface area contributed by atoms with Crippen LogP contribution in [-0.4, -0.2) is 30.4 Å². The standard InChI is InChI=1S/C16H20N2O2S/c1-3-7-16(15(19)20)8-9-18(11-16)13-5-4-6-14(21-2)12(13)10-17/h4-6H,3,7-9,11H2,1-2H3,(H,19,20). The molecule has 0 radical (unpaired) electrons. The van der Waals surface area contributed by atoms with Crippen LogP contribution in [0.1, 0.15) is 31.7 Å². The van der Waals surface area contributed by atoms with E-state index in [4.69, 9.17) is 0 Å². The van der Waals surface area contributed by atoms with E-state index in [9.17, 15) is 15.2 Å². The zero-order valence-electron chi connectivity index (χ0n) is 12.4. The zero-order valence-corrected chi connectivity index (χ0v) is 13.2. The smallest absolute Gasteiger partial charge is 0.311 e. The average Bonchev–Trinajstić information content (AvgIpc) is 2.92. The third-order valence-electron chi connectivity index (χ3n) is 4.21. The number of benzene rings is 1. The van der Waals surface area contributed by atoms with Gasteiger partial charge in [0, 0.05) is 18.0 Å². The van der Waals surface area contributed by atoms with Gasteiger partial charge in [0.1, 0.15) is 6.07 Å². The van der Waals surface area contributed by atoms with E-state index in [1.807, 2.05) is 31.4 Å². The lowest BCUT2D eigenvalue weighted by Crippen LogP contribution is -2.34. The lowest BCUT2D eigenvalue weighted by atomic mass is 9.83. The van der Waals surface area contributed by atoms with E-state index in [1.54, 1.807) is 11.8 Å². The van der Waals surface area contributed by atoms with Crippen LogP contribution in [0.15, 0.2) is 23.1 Å². The molecule has 1 aliphatic rings. The predicted molar refractivity (Wildman–Crippen MR) is 84.7 cm³/mol. The highest BCUT2D eigenvalue weighted by Gasteiger charge is 2.44. The van der Waals surface area contributed by atoms with Crippen molar-refractivity contribution in [2.45, 2.75) is 31.1 Å². The van der Waals surface area contributed by atoms with Gasteiger partial charge in [0.05, 0.1) is 16.7 Å². The highest BCUT2D eigenvalue weighted by atomic mass is 32.2. The van der Waals surface area contributed by atoms with Gasteiger partial charge in [-0.1, -0.05) is 19.4 Å². The Morgan fingerprint density at radius 1 is 1.57 bits per heavy atom. The van der Waals surface area contributed by atoms with Crippen molar-refractivity contribution < 1.29 is 9.90 Å². The summed E-state index contributed by atoms with van der Waals surface area (Å²) in [4.78, 5) is 14.7. The van der Waals surface area contributed by atoms with E-state index in [0.717, 1.165) is 17.0 Å². The first-order valence-corrected chi connectivity index (χ1v) is 8.36. The number of carboxylic acids is 1. The largest absolute Gasteiger partial charge is 0.481 e. The lowest BCUT2D eigenvalue weighted by Gasteiger charge is -2.26. The molecule has 1 saturated heterocycles. The molecule has 1 unspecified atom stereocenters. The molecule has 21 heavy (non-hydrogen) atoms. The quantitative estimate of drug-likeness (QED) is 0.845. The minimum absolute atomic E-state index is 0.489. The third kappa shape index (κ3) is 2.86. The second kappa shape index (κ2) is 6.40. The van der Waals surface area contributed by atoms with Gasteiger partial charge in [-0.3, -0.25) is 4.79 Å². The van der Waals surface area contributed by atoms with Crippen LogP contribution in [0.2, 0.25) is 0 Å². The molecular weight excluding hydrogens is 284 g/mol. The normalized spacial score (nSPS) is 21.3. The van der Waals surface area contributed by atoms with E-state index in [1.165, 1.54) is 0 Å². The molecule has 0 spiro atoms. The van der Waals surface area contributed by atoms with E-state index in [0.29, 0.717) is 31.5 Å². The zero-order chi connectivity index (χ0) is 15.5. The van der Waals surface area contributed by atoms with Gasteiger partial charge in [-0.25, -0.2) is 0 Å². The van der Waals surface area contributed by atoms with Gasteiger partial charge in [0.25, 0.3) is 0 Å². The number of hydrogen-bond acceptors (Lipinski definition) is 4. The number of nitriles is 1. The summed E-state index contributed by atoms with van der Waals surface area (Å²) in [5, 5.41) is 19.0.